The molecule has 1 amide bonds. The van der Waals surface area contributed by atoms with Crippen LogP contribution in [0.3, 0.4) is 0 Å². The first-order chi connectivity index (χ1) is 14.1. The number of nitrogens with zero attached hydrogens (tertiary/aromatic N) is 4. The van der Waals surface area contributed by atoms with E-state index in [1.54, 1.807) is 4.68 Å². The van der Waals surface area contributed by atoms with Crippen molar-refractivity contribution in [1.82, 2.24) is 25.0 Å². The van der Waals surface area contributed by atoms with E-state index >= 15 is 0 Å². The van der Waals surface area contributed by atoms with E-state index in [9.17, 15) is 4.79 Å². The molecule has 1 saturated heterocycles. The summed E-state index contributed by atoms with van der Waals surface area (Å²) in [6.07, 6.45) is 3.32. The van der Waals surface area contributed by atoms with Crippen molar-refractivity contribution in [3.8, 4) is 11.3 Å². The first kappa shape index (κ1) is 19.6. The highest BCUT2D eigenvalue weighted by molar-refractivity contribution is 6.07. The lowest BCUT2D eigenvalue weighted by Gasteiger charge is -2.32. The topological polar surface area (TPSA) is 63.1 Å². The number of carbonyl (C=O) groups excluding carboxylic acids is 1. The molecule has 0 atom stereocenters. The Hall–Kier alpha value is -2.73. The quantitative estimate of drug-likeness (QED) is 0.724. The number of piperidine rings is 1. The van der Waals surface area contributed by atoms with Crippen molar-refractivity contribution >= 4 is 16.9 Å². The van der Waals surface area contributed by atoms with Gasteiger partial charge in [0.2, 0.25) is 0 Å². The summed E-state index contributed by atoms with van der Waals surface area (Å²) in [5.41, 5.74) is 4.15. The van der Waals surface area contributed by atoms with Crippen molar-refractivity contribution in [2.75, 3.05) is 26.7 Å². The molecule has 1 aliphatic heterocycles. The van der Waals surface area contributed by atoms with Crippen LogP contribution in [0.25, 0.3) is 22.3 Å². The fourth-order valence-electron chi connectivity index (χ4n) is 4.31. The van der Waals surface area contributed by atoms with Gasteiger partial charge >= 0.3 is 0 Å². The maximum absolute atomic E-state index is 13.5. The summed E-state index contributed by atoms with van der Waals surface area (Å²) in [5.74, 6) is 0.793. The van der Waals surface area contributed by atoms with Gasteiger partial charge in [-0.15, -0.1) is 0 Å². The van der Waals surface area contributed by atoms with Crippen LogP contribution in [0, 0.1) is 12.8 Å². The Morgan fingerprint density at radius 1 is 1.21 bits per heavy atom. The Kier molecular flexibility index (Phi) is 5.62. The molecular weight excluding hydrogens is 362 g/mol. The summed E-state index contributed by atoms with van der Waals surface area (Å²) < 4.78 is 1.78. The van der Waals surface area contributed by atoms with Gasteiger partial charge in [-0.25, -0.2) is 4.98 Å². The molecule has 0 saturated carbocycles. The molecule has 29 heavy (non-hydrogen) atoms. The Labute approximate surface area is 171 Å². The fraction of sp³-hybridized carbons (Fsp3) is 0.435. The van der Waals surface area contributed by atoms with Crippen molar-refractivity contribution in [3.63, 3.8) is 0 Å². The number of fused-ring (bicyclic) bond motifs is 1. The van der Waals surface area contributed by atoms with Gasteiger partial charge in [-0.3, -0.25) is 9.48 Å². The Morgan fingerprint density at radius 3 is 2.62 bits per heavy atom. The average Bonchev–Trinajstić information content (AvgIpc) is 3.05. The maximum atomic E-state index is 13.5. The monoisotopic (exact) mass is 391 g/mol. The highest BCUT2D eigenvalue weighted by Gasteiger charge is 2.27. The number of rotatable bonds is 5. The molecule has 6 heteroatoms. The second-order valence-corrected chi connectivity index (χ2v) is 7.96. The van der Waals surface area contributed by atoms with Gasteiger partial charge in [-0.2, -0.15) is 5.10 Å². The number of carbonyl (C=O) groups is 1. The van der Waals surface area contributed by atoms with Crippen LogP contribution < -0.4 is 5.32 Å². The van der Waals surface area contributed by atoms with Crippen molar-refractivity contribution in [1.29, 1.82) is 0 Å². The van der Waals surface area contributed by atoms with Gasteiger partial charge in [0.1, 0.15) is 0 Å². The van der Waals surface area contributed by atoms with Crippen LogP contribution in [0.4, 0.5) is 0 Å². The Morgan fingerprint density at radius 2 is 1.93 bits per heavy atom. The Bertz CT molecular complexity index is 1000. The largest absolute Gasteiger partial charge is 0.339 e. The SMILES string of the molecule is CNCCC1CCN(C(=O)c2cc(-c3ccccc3)nc3c2c(C)nn3C)CC1. The molecule has 0 aliphatic carbocycles. The number of amides is 1. The Balaban J connectivity index is 1.68. The van der Waals surface area contributed by atoms with Crippen molar-refractivity contribution in [3.05, 3.63) is 47.7 Å². The third-order valence-electron chi connectivity index (χ3n) is 5.97. The van der Waals surface area contributed by atoms with Crippen LogP contribution >= 0.6 is 0 Å². The summed E-state index contributed by atoms with van der Waals surface area (Å²) in [6.45, 7) is 4.62. The zero-order valence-corrected chi connectivity index (χ0v) is 17.5. The predicted octanol–water partition coefficient (Wildman–Crippen LogP) is 3.41. The van der Waals surface area contributed by atoms with E-state index in [0.29, 0.717) is 11.5 Å². The summed E-state index contributed by atoms with van der Waals surface area (Å²) in [5, 5.41) is 8.63. The van der Waals surface area contributed by atoms with Gasteiger partial charge in [0.25, 0.3) is 5.91 Å². The molecule has 1 N–H and O–H groups in total. The molecule has 1 aromatic carbocycles. The smallest absolute Gasteiger partial charge is 0.254 e. The molecule has 2 aromatic heterocycles. The van der Waals surface area contributed by atoms with E-state index in [4.69, 9.17) is 4.98 Å². The summed E-state index contributed by atoms with van der Waals surface area (Å²) in [6, 6.07) is 12.0. The van der Waals surface area contributed by atoms with E-state index in [2.05, 4.69) is 10.4 Å². The van der Waals surface area contributed by atoms with Crippen LogP contribution in [0.15, 0.2) is 36.4 Å². The van der Waals surface area contributed by atoms with E-state index in [-0.39, 0.29) is 5.91 Å². The molecule has 0 radical (unpaired) electrons. The molecule has 4 rings (SSSR count). The van der Waals surface area contributed by atoms with Crippen LogP contribution in [0.2, 0.25) is 0 Å². The standard InChI is InChI=1S/C23H29N5O/c1-16-21-19(23(29)28-13-10-17(11-14-28)9-12-24-2)15-20(18-7-5-4-6-8-18)25-22(21)27(3)26-16/h4-8,15,17,24H,9-14H2,1-3H3. The van der Waals surface area contributed by atoms with Gasteiger partial charge in [-0.05, 0) is 51.8 Å². The van der Waals surface area contributed by atoms with Crippen molar-refractivity contribution < 1.29 is 4.79 Å². The summed E-state index contributed by atoms with van der Waals surface area (Å²) in [7, 11) is 3.88. The van der Waals surface area contributed by atoms with E-state index in [0.717, 1.165) is 60.5 Å². The minimum absolute atomic E-state index is 0.0951. The van der Waals surface area contributed by atoms with Crippen molar-refractivity contribution in [2.45, 2.75) is 26.2 Å². The van der Waals surface area contributed by atoms with Crippen LogP contribution in [0.1, 0.15) is 35.3 Å². The number of benzene rings is 1. The molecule has 152 valence electrons. The summed E-state index contributed by atoms with van der Waals surface area (Å²) in [4.78, 5) is 20.4. The second kappa shape index (κ2) is 8.33. The highest BCUT2D eigenvalue weighted by atomic mass is 16.2. The molecule has 6 nitrogen and oxygen atoms in total. The number of hydrogen-bond donors (Lipinski definition) is 1. The lowest BCUT2D eigenvalue weighted by molar-refractivity contribution is 0.0689. The number of aryl methyl sites for hydroxylation is 2. The molecule has 0 spiro atoms. The van der Waals surface area contributed by atoms with Gasteiger partial charge < -0.3 is 10.2 Å². The van der Waals surface area contributed by atoms with E-state index in [1.807, 2.05) is 62.3 Å². The average molecular weight is 392 g/mol. The van der Waals surface area contributed by atoms with E-state index < -0.39 is 0 Å². The predicted molar refractivity (Wildman–Crippen MR) is 116 cm³/mol. The maximum Gasteiger partial charge on any atom is 0.254 e. The zero-order chi connectivity index (χ0) is 20.4. The summed E-state index contributed by atoms with van der Waals surface area (Å²) >= 11 is 0. The second-order valence-electron chi connectivity index (χ2n) is 7.96. The molecular formula is C23H29N5O. The van der Waals surface area contributed by atoms with Crippen LogP contribution in [-0.4, -0.2) is 52.3 Å². The number of hydrogen-bond acceptors (Lipinski definition) is 4. The van der Waals surface area contributed by atoms with Crippen LogP contribution in [0.5, 0.6) is 0 Å². The zero-order valence-electron chi connectivity index (χ0n) is 17.5. The fourth-order valence-corrected chi connectivity index (χ4v) is 4.31. The van der Waals surface area contributed by atoms with Crippen molar-refractivity contribution in [2.24, 2.45) is 13.0 Å². The van der Waals surface area contributed by atoms with Gasteiger partial charge in [-0.1, -0.05) is 30.3 Å². The molecule has 0 bridgehead atoms. The third-order valence-corrected chi connectivity index (χ3v) is 5.97. The lowest BCUT2D eigenvalue weighted by atomic mass is 9.93. The minimum atomic E-state index is 0.0951. The first-order valence-electron chi connectivity index (χ1n) is 10.4. The van der Waals surface area contributed by atoms with E-state index in [1.165, 1.54) is 6.42 Å². The molecule has 1 fully saturated rings. The number of likely N-dealkylation sites (tertiary alicyclic amines) is 1. The number of nitrogens with one attached hydrogen (secondary N) is 1. The van der Waals surface area contributed by atoms with Crippen LogP contribution in [-0.2, 0) is 7.05 Å². The minimum Gasteiger partial charge on any atom is -0.339 e. The number of pyridine rings is 1. The molecule has 0 unspecified atom stereocenters. The normalized spacial score (nSPS) is 15.2. The highest BCUT2D eigenvalue weighted by Crippen LogP contribution is 2.29. The lowest BCUT2D eigenvalue weighted by Crippen LogP contribution is -2.39. The van der Waals surface area contributed by atoms with Gasteiger partial charge in [0.05, 0.1) is 22.3 Å². The van der Waals surface area contributed by atoms with Gasteiger partial charge in [0, 0.05) is 25.7 Å². The molecule has 3 aromatic rings. The number of aromatic nitrogens is 3. The molecule has 3 heterocycles. The molecule has 1 aliphatic rings. The third kappa shape index (κ3) is 3.90. The van der Waals surface area contributed by atoms with Gasteiger partial charge in [0.15, 0.2) is 5.65 Å². The first-order valence-corrected chi connectivity index (χ1v) is 10.4.